The fraction of sp³-hybridized carbons (Fsp3) is 0.833. The highest BCUT2D eigenvalue weighted by molar-refractivity contribution is 7.89. The van der Waals surface area contributed by atoms with E-state index in [-0.39, 0.29) is 11.8 Å². The predicted octanol–water partition coefficient (Wildman–Crippen LogP) is 0.672. The molecule has 0 amide bonds. The SMILES string of the molecule is CCCS(=O)(=O)NC1CCN(Cc2nnc(C)o2)CC1. The van der Waals surface area contributed by atoms with Gasteiger partial charge in [0.2, 0.25) is 21.8 Å². The van der Waals surface area contributed by atoms with Crippen molar-refractivity contribution in [3.05, 3.63) is 11.8 Å². The largest absolute Gasteiger partial charge is 0.424 e. The molecule has 2 heterocycles. The maximum Gasteiger partial charge on any atom is 0.230 e. The first-order valence-corrected chi connectivity index (χ1v) is 8.65. The zero-order valence-corrected chi connectivity index (χ0v) is 12.8. The summed E-state index contributed by atoms with van der Waals surface area (Å²) in [6, 6.07) is 0.0484. The van der Waals surface area contributed by atoms with E-state index < -0.39 is 10.0 Å². The molecular formula is C12H22N4O3S. The van der Waals surface area contributed by atoms with Crippen LogP contribution in [0.3, 0.4) is 0 Å². The van der Waals surface area contributed by atoms with Crippen LogP contribution < -0.4 is 4.72 Å². The van der Waals surface area contributed by atoms with E-state index >= 15 is 0 Å². The van der Waals surface area contributed by atoms with Crippen molar-refractivity contribution in [2.24, 2.45) is 0 Å². The number of aryl methyl sites for hydroxylation is 1. The molecule has 8 heteroatoms. The van der Waals surface area contributed by atoms with Gasteiger partial charge in [0.15, 0.2) is 0 Å². The molecule has 1 aromatic heterocycles. The third kappa shape index (κ3) is 4.53. The highest BCUT2D eigenvalue weighted by Crippen LogP contribution is 2.14. The first kappa shape index (κ1) is 15.4. The fourth-order valence-electron chi connectivity index (χ4n) is 2.38. The van der Waals surface area contributed by atoms with Crippen LogP contribution in [-0.4, -0.2) is 48.4 Å². The molecule has 1 N–H and O–H groups in total. The summed E-state index contributed by atoms with van der Waals surface area (Å²) in [7, 11) is -3.11. The number of nitrogens with one attached hydrogen (secondary N) is 1. The summed E-state index contributed by atoms with van der Waals surface area (Å²) in [5, 5.41) is 7.77. The van der Waals surface area contributed by atoms with E-state index in [2.05, 4.69) is 19.8 Å². The summed E-state index contributed by atoms with van der Waals surface area (Å²) < 4.78 is 31.6. The number of hydrogen-bond donors (Lipinski definition) is 1. The lowest BCUT2D eigenvalue weighted by atomic mass is 10.1. The second-order valence-corrected chi connectivity index (χ2v) is 7.08. The molecule has 1 aliphatic heterocycles. The number of aromatic nitrogens is 2. The van der Waals surface area contributed by atoms with Gasteiger partial charge in [-0.05, 0) is 19.3 Å². The minimum absolute atomic E-state index is 0.0484. The van der Waals surface area contributed by atoms with Crippen molar-refractivity contribution < 1.29 is 12.8 Å². The molecule has 0 aliphatic carbocycles. The third-order valence-corrected chi connectivity index (χ3v) is 4.97. The Morgan fingerprint density at radius 2 is 2.05 bits per heavy atom. The van der Waals surface area contributed by atoms with Crippen molar-refractivity contribution in [3.8, 4) is 0 Å². The van der Waals surface area contributed by atoms with Crippen LogP contribution >= 0.6 is 0 Å². The van der Waals surface area contributed by atoms with Gasteiger partial charge in [0.25, 0.3) is 0 Å². The van der Waals surface area contributed by atoms with Gasteiger partial charge in [0.05, 0.1) is 12.3 Å². The monoisotopic (exact) mass is 302 g/mol. The summed E-state index contributed by atoms with van der Waals surface area (Å²) in [4.78, 5) is 2.21. The van der Waals surface area contributed by atoms with Crippen molar-refractivity contribution in [1.82, 2.24) is 19.8 Å². The van der Waals surface area contributed by atoms with Crippen LogP contribution in [0, 0.1) is 6.92 Å². The molecule has 20 heavy (non-hydrogen) atoms. The number of likely N-dealkylation sites (tertiary alicyclic amines) is 1. The molecule has 0 atom stereocenters. The Labute approximate surface area is 119 Å². The zero-order chi connectivity index (χ0) is 14.6. The Hall–Kier alpha value is -0.990. The zero-order valence-electron chi connectivity index (χ0n) is 12.0. The molecular weight excluding hydrogens is 280 g/mol. The van der Waals surface area contributed by atoms with Gasteiger partial charge in [0, 0.05) is 26.1 Å². The molecule has 1 aliphatic rings. The van der Waals surface area contributed by atoms with E-state index in [1.54, 1.807) is 6.92 Å². The minimum atomic E-state index is -3.11. The topological polar surface area (TPSA) is 88.3 Å². The molecule has 7 nitrogen and oxygen atoms in total. The highest BCUT2D eigenvalue weighted by Gasteiger charge is 2.23. The standard InChI is InChI=1S/C12H22N4O3S/c1-3-8-20(17,18)15-11-4-6-16(7-5-11)9-12-14-13-10(2)19-12/h11,15H,3-9H2,1-2H3. The maximum atomic E-state index is 11.7. The summed E-state index contributed by atoms with van der Waals surface area (Å²) in [6.07, 6.45) is 2.27. The van der Waals surface area contributed by atoms with E-state index in [9.17, 15) is 8.42 Å². The lowest BCUT2D eigenvalue weighted by Gasteiger charge is -2.31. The molecule has 0 bridgehead atoms. The Balaban J connectivity index is 1.78. The summed E-state index contributed by atoms with van der Waals surface area (Å²) >= 11 is 0. The van der Waals surface area contributed by atoms with Crippen molar-refractivity contribution >= 4 is 10.0 Å². The lowest BCUT2D eigenvalue weighted by Crippen LogP contribution is -2.44. The van der Waals surface area contributed by atoms with Crippen LogP contribution in [0.25, 0.3) is 0 Å². The van der Waals surface area contributed by atoms with E-state index in [0.29, 0.717) is 24.7 Å². The van der Waals surface area contributed by atoms with Crippen LogP contribution in [0.5, 0.6) is 0 Å². The lowest BCUT2D eigenvalue weighted by molar-refractivity contribution is 0.183. The Bertz CT molecular complexity index is 521. The Morgan fingerprint density at radius 3 is 2.60 bits per heavy atom. The van der Waals surface area contributed by atoms with Gasteiger partial charge in [-0.3, -0.25) is 4.90 Å². The smallest absolute Gasteiger partial charge is 0.230 e. The van der Waals surface area contributed by atoms with Gasteiger partial charge in [-0.15, -0.1) is 10.2 Å². The van der Waals surface area contributed by atoms with Gasteiger partial charge < -0.3 is 4.42 Å². The predicted molar refractivity (Wildman–Crippen MR) is 74.5 cm³/mol. The number of piperidine rings is 1. The summed E-state index contributed by atoms with van der Waals surface area (Å²) in [5.74, 6) is 1.39. The fourth-order valence-corrected chi connectivity index (χ4v) is 3.78. The van der Waals surface area contributed by atoms with E-state index in [4.69, 9.17) is 4.42 Å². The Morgan fingerprint density at radius 1 is 1.35 bits per heavy atom. The molecule has 114 valence electrons. The molecule has 0 radical (unpaired) electrons. The number of sulfonamides is 1. The van der Waals surface area contributed by atoms with E-state index in [0.717, 1.165) is 25.9 Å². The van der Waals surface area contributed by atoms with Crippen LogP contribution in [0.15, 0.2) is 4.42 Å². The van der Waals surface area contributed by atoms with Crippen LogP contribution in [-0.2, 0) is 16.6 Å². The first-order valence-electron chi connectivity index (χ1n) is 7.00. The minimum Gasteiger partial charge on any atom is -0.424 e. The van der Waals surface area contributed by atoms with Crippen molar-refractivity contribution in [2.75, 3.05) is 18.8 Å². The molecule has 1 saturated heterocycles. The number of hydrogen-bond acceptors (Lipinski definition) is 6. The van der Waals surface area contributed by atoms with Gasteiger partial charge in [-0.2, -0.15) is 0 Å². The van der Waals surface area contributed by atoms with Gasteiger partial charge in [-0.25, -0.2) is 13.1 Å². The third-order valence-electron chi connectivity index (χ3n) is 3.33. The summed E-state index contributed by atoms with van der Waals surface area (Å²) in [6.45, 7) is 5.94. The Kier molecular flexibility index (Phi) is 5.11. The molecule has 2 rings (SSSR count). The molecule has 0 aromatic carbocycles. The normalized spacial score (nSPS) is 18.5. The van der Waals surface area contributed by atoms with E-state index in [1.807, 2.05) is 6.92 Å². The van der Waals surface area contributed by atoms with Crippen molar-refractivity contribution in [2.45, 2.75) is 45.7 Å². The maximum absolute atomic E-state index is 11.7. The number of nitrogens with zero attached hydrogens (tertiary/aromatic N) is 3. The first-order chi connectivity index (χ1) is 9.48. The van der Waals surface area contributed by atoms with Crippen molar-refractivity contribution in [3.63, 3.8) is 0 Å². The van der Waals surface area contributed by atoms with E-state index in [1.165, 1.54) is 0 Å². The second kappa shape index (κ2) is 6.64. The molecule has 1 aromatic rings. The highest BCUT2D eigenvalue weighted by atomic mass is 32.2. The van der Waals surface area contributed by atoms with Crippen LogP contribution in [0.2, 0.25) is 0 Å². The average Bonchev–Trinajstić information content (AvgIpc) is 2.77. The second-order valence-electron chi connectivity index (χ2n) is 5.20. The van der Waals surface area contributed by atoms with Gasteiger partial charge in [-0.1, -0.05) is 6.92 Å². The number of rotatable bonds is 6. The average molecular weight is 302 g/mol. The van der Waals surface area contributed by atoms with Crippen LogP contribution in [0.1, 0.15) is 38.0 Å². The quantitative estimate of drug-likeness (QED) is 0.831. The molecule has 1 fully saturated rings. The van der Waals surface area contributed by atoms with Gasteiger partial charge >= 0.3 is 0 Å². The molecule has 0 unspecified atom stereocenters. The molecule has 0 spiro atoms. The van der Waals surface area contributed by atoms with Crippen LogP contribution in [0.4, 0.5) is 0 Å². The van der Waals surface area contributed by atoms with Crippen molar-refractivity contribution in [1.29, 1.82) is 0 Å². The van der Waals surface area contributed by atoms with Gasteiger partial charge in [0.1, 0.15) is 0 Å². The summed E-state index contributed by atoms with van der Waals surface area (Å²) in [5.41, 5.74) is 0. The molecule has 0 saturated carbocycles.